The summed E-state index contributed by atoms with van der Waals surface area (Å²) in [6.45, 7) is 1.76. The van der Waals surface area contributed by atoms with Gasteiger partial charge in [-0.05, 0) is 43.6 Å². The third kappa shape index (κ3) is 5.55. The largest absolute Gasteiger partial charge is 0.416 e. The molecular formula is C14H18ClF3N2O. The van der Waals surface area contributed by atoms with Crippen LogP contribution in [0.4, 0.5) is 13.2 Å². The van der Waals surface area contributed by atoms with Crippen LogP contribution in [0, 0.1) is 0 Å². The smallest absolute Gasteiger partial charge is 0.353 e. The van der Waals surface area contributed by atoms with Crippen molar-refractivity contribution in [1.29, 1.82) is 0 Å². The van der Waals surface area contributed by atoms with E-state index < -0.39 is 11.7 Å². The summed E-state index contributed by atoms with van der Waals surface area (Å²) in [5, 5.41) is 6.11. The number of hydrogen-bond acceptors (Lipinski definition) is 2. The summed E-state index contributed by atoms with van der Waals surface area (Å²) in [4.78, 5) is 11.8. The molecule has 7 heteroatoms. The minimum absolute atomic E-state index is 0. The highest BCUT2D eigenvalue weighted by molar-refractivity contribution is 5.85. The van der Waals surface area contributed by atoms with Crippen LogP contribution >= 0.6 is 12.4 Å². The van der Waals surface area contributed by atoms with Crippen molar-refractivity contribution in [3.8, 4) is 0 Å². The second kappa shape index (κ2) is 7.66. The van der Waals surface area contributed by atoms with Crippen LogP contribution < -0.4 is 10.6 Å². The zero-order valence-corrected chi connectivity index (χ0v) is 12.2. The molecule has 3 nitrogen and oxygen atoms in total. The molecule has 0 aliphatic carbocycles. The van der Waals surface area contributed by atoms with Crippen molar-refractivity contribution < 1.29 is 18.0 Å². The predicted molar refractivity (Wildman–Crippen MR) is 76.4 cm³/mol. The number of hydrogen-bond donors (Lipinski definition) is 2. The van der Waals surface area contributed by atoms with Gasteiger partial charge in [-0.2, -0.15) is 13.2 Å². The van der Waals surface area contributed by atoms with Crippen molar-refractivity contribution in [2.75, 3.05) is 13.1 Å². The summed E-state index contributed by atoms with van der Waals surface area (Å²) in [5.41, 5.74) is -0.107. The normalized spacial score (nSPS) is 16.1. The quantitative estimate of drug-likeness (QED) is 0.898. The molecule has 21 heavy (non-hydrogen) atoms. The van der Waals surface area contributed by atoms with Gasteiger partial charge in [0.05, 0.1) is 12.0 Å². The molecule has 1 aromatic carbocycles. The summed E-state index contributed by atoms with van der Waals surface area (Å²) in [5.74, 6) is -0.142. The first kappa shape index (κ1) is 17.8. The number of nitrogens with one attached hydrogen (secondary N) is 2. The molecule has 0 radical (unpaired) electrons. The Morgan fingerprint density at radius 2 is 1.76 bits per heavy atom. The van der Waals surface area contributed by atoms with Crippen molar-refractivity contribution in [3.63, 3.8) is 0 Å². The molecule has 1 saturated heterocycles. The zero-order chi connectivity index (χ0) is 14.6. The van der Waals surface area contributed by atoms with Crippen molar-refractivity contribution in [2.45, 2.75) is 31.5 Å². The van der Waals surface area contributed by atoms with Gasteiger partial charge in [-0.25, -0.2) is 0 Å². The van der Waals surface area contributed by atoms with E-state index in [1.54, 1.807) is 0 Å². The van der Waals surface area contributed by atoms with Gasteiger partial charge in [0.25, 0.3) is 0 Å². The lowest BCUT2D eigenvalue weighted by molar-refractivity contribution is -0.137. The lowest BCUT2D eigenvalue weighted by atomic mass is 10.1. The number of piperidine rings is 1. The molecule has 118 valence electrons. The van der Waals surface area contributed by atoms with Crippen molar-refractivity contribution in [2.24, 2.45) is 0 Å². The SMILES string of the molecule is Cl.O=C(Cc1ccc(C(F)(F)F)cc1)NC1CCNCC1. The maximum Gasteiger partial charge on any atom is 0.416 e. The molecular weight excluding hydrogens is 305 g/mol. The zero-order valence-electron chi connectivity index (χ0n) is 11.4. The van der Waals surface area contributed by atoms with Gasteiger partial charge < -0.3 is 10.6 Å². The van der Waals surface area contributed by atoms with Crippen molar-refractivity contribution in [3.05, 3.63) is 35.4 Å². The van der Waals surface area contributed by atoms with Gasteiger partial charge in [-0.3, -0.25) is 4.79 Å². The maximum atomic E-state index is 12.4. The van der Waals surface area contributed by atoms with E-state index in [0.29, 0.717) is 5.56 Å². The average molecular weight is 323 g/mol. The Labute approximate surface area is 127 Å². The number of carbonyl (C=O) groups excluding carboxylic acids is 1. The van der Waals surface area contributed by atoms with Crippen LogP contribution in [0.2, 0.25) is 0 Å². The van der Waals surface area contributed by atoms with E-state index in [2.05, 4.69) is 10.6 Å². The van der Waals surface area contributed by atoms with Crippen LogP contribution in [0.3, 0.4) is 0 Å². The molecule has 1 aromatic rings. The summed E-state index contributed by atoms with van der Waals surface area (Å²) < 4.78 is 37.2. The number of carbonyl (C=O) groups is 1. The van der Waals surface area contributed by atoms with E-state index in [1.165, 1.54) is 12.1 Å². The van der Waals surface area contributed by atoms with E-state index >= 15 is 0 Å². The highest BCUT2D eigenvalue weighted by atomic mass is 35.5. The van der Waals surface area contributed by atoms with Crippen molar-refractivity contribution in [1.82, 2.24) is 10.6 Å². The third-order valence-corrected chi connectivity index (χ3v) is 3.35. The molecule has 1 heterocycles. The molecule has 1 aliphatic rings. The average Bonchev–Trinajstić information content (AvgIpc) is 2.39. The summed E-state index contributed by atoms with van der Waals surface area (Å²) in [6, 6.07) is 4.88. The Balaban J connectivity index is 0.00000220. The topological polar surface area (TPSA) is 41.1 Å². The predicted octanol–water partition coefficient (Wildman–Crippen LogP) is 2.54. The van der Waals surface area contributed by atoms with Crippen molar-refractivity contribution >= 4 is 18.3 Å². The highest BCUT2D eigenvalue weighted by Crippen LogP contribution is 2.29. The molecule has 0 aromatic heterocycles. The van der Waals surface area contributed by atoms with E-state index in [4.69, 9.17) is 0 Å². The third-order valence-electron chi connectivity index (χ3n) is 3.35. The van der Waals surface area contributed by atoms with Gasteiger partial charge >= 0.3 is 6.18 Å². The standard InChI is InChI=1S/C14H17F3N2O.ClH/c15-14(16,17)11-3-1-10(2-4-11)9-13(20)19-12-5-7-18-8-6-12;/h1-4,12,18H,5-9H2,(H,19,20);1H. The van der Waals surface area contributed by atoms with E-state index in [0.717, 1.165) is 38.1 Å². The van der Waals surface area contributed by atoms with Crippen LogP contribution in [-0.4, -0.2) is 25.0 Å². The Bertz CT molecular complexity index is 456. The molecule has 1 fully saturated rings. The van der Waals surface area contributed by atoms with Crippen LogP contribution in [0.5, 0.6) is 0 Å². The summed E-state index contributed by atoms with van der Waals surface area (Å²) >= 11 is 0. The molecule has 0 saturated carbocycles. The van der Waals surface area contributed by atoms with Gasteiger partial charge in [-0.15, -0.1) is 12.4 Å². The van der Waals surface area contributed by atoms with E-state index in [9.17, 15) is 18.0 Å². The maximum absolute atomic E-state index is 12.4. The van der Waals surface area contributed by atoms with Gasteiger partial charge in [-0.1, -0.05) is 12.1 Å². The second-order valence-electron chi connectivity index (χ2n) is 4.96. The van der Waals surface area contributed by atoms with Gasteiger partial charge in [0.2, 0.25) is 5.91 Å². The number of halogens is 4. The molecule has 2 rings (SSSR count). The molecule has 0 bridgehead atoms. The lowest BCUT2D eigenvalue weighted by Crippen LogP contribution is -2.43. The van der Waals surface area contributed by atoms with Gasteiger partial charge in [0.15, 0.2) is 0 Å². The number of alkyl halides is 3. The van der Waals surface area contributed by atoms with E-state index in [-0.39, 0.29) is 30.8 Å². The first-order valence-corrected chi connectivity index (χ1v) is 6.61. The van der Waals surface area contributed by atoms with Crippen LogP contribution in [-0.2, 0) is 17.4 Å². The molecule has 1 aliphatic heterocycles. The summed E-state index contributed by atoms with van der Waals surface area (Å²) in [6.07, 6.45) is -2.45. The fourth-order valence-electron chi connectivity index (χ4n) is 2.24. The Kier molecular flexibility index (Phi) is 6.48. The Morgan fingerprint density at radius 3 is 2.29 bits per heavy atom. The summed E-state index contributed by atoms with van der Waals surface area (Å²) in [7, 11) is 0. The minimum Gasteiger partial charge on any atom is -0.353 e. The van der Waals surface area contributed by atoms with E-state index in [1.807, 2.05) is 0 Å². The number of rotatable bonds is 3. The van der Waals surface area contributed by atoms with Crippen LogP contribution in [0.25, 0.3) is 0 Å². The first-order chi connectivity index (χ1) is 9.45. The molecule has 2 N–H and O–H groups in total. The molecule has 0 spiro atoms. The monoisotopic (exact) mass is 322 g/mol. The fraction of sp³-hybridized carbons (Fsp3) is 0.500. The molecule has 0 unspecified atom stereocenters. The second-order valence-corrected chi connectivity index (χ2v) is 4.96. The van der Waals surface area contributed by atoms with Crippen LogP contribution in [0.15, 0.2) is 24.3 Å². The molecule has 0 atom stereocenters. The first-order valence-electron chi connectivity index (χ1n) is 6.61. The number of amides is 1. The lowest BCUT2D eigenvalue weighted by Gasteiger charge is -2.23. The Hall–Kier alpha value is -1.27. The van der Waals surface area contributed by atoms with Gasteiger partial charge in [0.1, 0.15) is 0 Å². The highest BCUT2D eigenvalue weighted by Gasteiger charge is 2.30. The fourth-order valence-corrected chi connectivity index (χ4v) is 2.24. The molecule has 1 amide bonds. The minimum atomic E-state index is -4.34. The Morgan fingerprint density at radius 1 is 1.19 bits per heavy atom. The number of benzene rings is 1. The van der Waals surface area contributed by atoms with Crippen LogP contribution in [0.1, 0.15) is 24.0 Å². The van der Waals surface area contributed by atoms with Gasteiger partial charge in [0, 0.05) is 6.04 Å².